The van der Waals surface area contributed by atoms with E-state index in [1.54, 1.807) is 0 Å². The van der Waals surface area contributed by atoms with Crippen molar-refractivity contribution in [1.29, 1.82) is 0 Å². The topological polar surface area (TPSA) is 49.4 Å². The Labute approximate surface area is 107 Å². The Bertz CT molecular complexity index is 498. The van der Waals surface area contributed by atoms with Gasteiger partial charge in [-0.3, -0.25) is 19.8 Å². The quantitative estimate of drug-likeness (QED) is 0.822. The van der Waals surface area contributed by atoms with Crippen molar-refractivity contribution in [3.8, 4) is 0 Å². The molecule has 0 saturated carbocycles. The van der Waals surface area contributed by atoms with Crippen LogP contribution < -0.4 is 5.32 Å². The summed E-state index contributed by atoms with van der Waals surface area (Å²) in [6.45, 7) is 0.132. The molecule has 0 aliphatic carbocycles. The molecule has 0 aromatic heterocycles. The van der Waals surface area contributed by atoms with E-state index in [-0.39, 0.29) is 19.6 Å². The van der Waals surface area contributed by atoms with E-state index in [1.165, 1.54) is 17.0 Å². The lowest BCUT2D eigenvalue weighted by molar-refractivity contribution is -0.138. The van der Waals surface area contributed by atoms with Crippen molar-refractivity contribution in [1.82, 2.24) is 10.2 Å². The fraction of sp³-hybridized carbons (Fsp3) is 0.333. The van der Waals surface area contributed by atoms with E-state index in [4.69, 9.17) is 0 Å². The van der Waals surface area contributed by atoms with E-state index in [0.29, 0.717) is 5.56 Å². The van der Waals surface area contributed by atoms with Crippen LogP contribution in [0.25, 0.3) is 0 Å². The highest BCUT2D eigenvalue weighted by atomic mass is 19.4. The van der Waals surface area contributed by atoms with Crippen LogP contribution in [-0.2, 0) is 22.3 Å². The zero-order valence-corrected chi connectivity index (χ0v) is 9.83. The van der Waals surface area contributed by atoms with Gasteiger partial charge in [0, 0.05) is 6.54 Å². The number of rotatable bonds is 2. The molecule has 7 heteroatoms. The van der Waals surface area contributed by atoms with Crippen LogP contribution in [0.2, 0.25) is 0 Å². The molecule has 1 fully saturated rings. The number of halogens is 3. The van der Waals surface area contributed by atoms with Crippen LogP contribution in [0, 0.1) is 0 Å². The predicted octanol–water partition coefficient (Wildman–Crippen LogP) is 1.16. The average Bonchev–Trinajstić information content (AvgIpc) is 2.26. The monoisotopic (exact) mass is 272 g/mol. The lowest BCUT2D eigenvalue weighted by atomic mass is 10.1. The Morgan fingerprint density at radius 2 is 1.79 bits per heavy atom. The molecule has 1 heterocycles. The summed E-state index contributed by atoms with van der Waals surface area (Å²) in [4.78, 5) is 23.8. The fourth-order valence-corrected chi connectivity index (χ4v) is 1.91. The molecule has 2 amide bonds. The number of piperazine rings is 1. The lowest BCUT2D eigenvalue weighted by Crippen LogP contribution is -2.50. The number of nitrogens with zero attached hydrogens (tertiary/aromatic N) is 1. The highest BCUT2D eigenvalue weighted by Crippen LogP contribution is 2.29. The van der Waals surface area contributed by atoms with Gasteiger partial charge >= 0.3 is 6.18 Å². The molecule has 102 valence electrons. The maximum absolute atomic E-state index is 12.5. The second-order valence-electron chi connectivity index (χ2n) is 4.31. The Morgan fingerprint density at radius 1 is 1.16 bits per heavy atom. The van der Waals surface area contributed by atoms with Crippen molar-refractivity contribution in [2.24, 2.45) is 0 Å². The smallest absolute Gasteiger partial charge is 0.294 e. The summed E-state index contributed by atoms with van der Waals surface area (Å²) in [5.74, 6) is -0.883. The summed E-state index contributed by atoms with van der Waals surface area (Å²) in [6, 6.07) is 4.85. The minimum atomic E-state index is -4.40. The molecule has 2 rings (SSSR count). The third kappa shape index (κ3) is 3.54. The summed E-state index contributed by atoms with van der Waals surface area (Å²) >= 11 is 0. The standard InChI is InChI=1S/C12H11F3N2O2/c13-12(14,15)9-3-1-2-8(4-9)5-17-6-10(18)16-11(19)7-17/h1-4H,5-7H2,(H,16,18,19). The second-order valence-corrected chi connectivity index (χ2v) is 4.31. The van der Waals surface area contributed by atoms with Crippen molar-refractivity contribution >= 4 is 11.8 Å². The SMILES string of the molecule is O=C1CN(Cc2cccc(C(F)(F)F)c2)CC(=O)N1. The molecule has 1 saturated heterocycles. The molecule has 0 atom stereocenters. The van der Waals surface area contributed by atoms with Gasteiger partial charge in [-0.1, -0.05) is 18.2 Å². The highest BCUT2D eigenvalue weighted by Gasteiger charge is 2.30. The number of imide groups is 1. The number of benzene rings is 1. The van der Waals surface area contributed by atoms with E-state index < -0.39 is 23.6 Å². The number of carbonyl (C=O) groups excluding carboxylic acids is 2. The summed E-state index contributed by atoms with van der Waals surface area (Å²) in [5, 5.41) is 2.13. The molecular formula is C12H11F3N2O2. The Morgan fingerprint density at radius 3 is 2.37 bits per heavy atom. The van der Waals surface area contributed by atoms with Gasteiger partial charge in [-0.25, -0.2) is 0 Å². The molecule has 4 nitrogen and oxygen atoms in total. The van der Waals surface area contributed by atoms with Gasteiger partial charge in [0.15, 0.2) is 0 Å². The van der Waals surface area contributed by atoms with Gasteiger partial charge in [-0.15, -0.1) is 0 Å². The Balaban J connectivity index is 2.11. The molecule has 0 unspecified atom stereocenters. The van der Waals surface area contributed by atoms with Crippen molar-refractivity contribution in [2.45, 2.75) is 12.7 Å². The summed E-state index contributed by atoms with van der Waals surface area (Å²) < 4.78 is 37.6. The number of nitrogens with one attached hydrogen (secondary N) is 1. The first-order chi connectivity index (χ1) is 8.84. The molecule has 0 bridgehead atoms. The second kappa shape index (κ2) is 5.00. The van der Waals surface area contributed by atoms with Crippen molar-refractivity contribution in [3.63, 3.8) is 0 Å². The number of alkyl halides is 3. The third-order valence-corrected chi connectivity index (χ3v) is 2.67. The van der Waals surface area contributed by atoms with Gasteiger partial charge in [0.25, 0.3) is 0 Å². The average molecular weight is 272 g/mol. The fourth-order valence-electron chi connectivity index (χ4n) is 1.91. The van der Waals surface area contributed by atoms with Crippen LogP contribution >= 0.6 is 0 Å². The Hall–Kier alpha value is -1.89. The van der Waals surface area contributed by atoms with Crippen LogP contribution in [0.3, 0.4) is 0 Å². The molecule has 1 aliphatic heterocycles. The van der Waals surface area contributed by atoms with Crippen molar-refractivity contribution in [2.75, 3.05) is 13.1 Å². The number of hydrogen-bond acceptors (Lipinski definition) is 3. The zero-order chi connectivity index (χ0) is 14.0. The van der Waals surface area contributed by atoms with Gasteiger partial charge in [-0.2, -0.15) is 13.2 Å². The first-order valence-corrected chi connectivity index (χ1v) is 5.56. The van der Waals surface area contributed by atoms with Crippen LogP contribution in [0.15, 0.2) is 24.3 Å². The largest absolute Gasteiger partial charge is 0.416 e. The molecule has 19 heavy (non-hydrogen) atoms. The predicted molar refractivity (Wildman–Crippen MR) is 59.9 cm³/mol. The number of carbonyl (C=O) groups is 2. The maximum atomic E-state index is 12.5. The summed E-state index contributed by atoms with van der Waals surface area (Å²) in [7, 11) is 0. The lowest BCUT2D eigenvalue weighted by Gasteiger charge is -2.25. The summed E-state index contributed by atoms with van der Waals surface area (Å²) in [5.41, 5.74) is -0.324. The van der Waals surface area contributed by atoms with Crippen molar-refractivity contribution < 1.29 is 22.8 Å². The van der Waals surface area contributed by atoms with Crippen LogP contribution in [-0.4, -0.2) is 29.8 Å². The van der Waals surface area contributed by atoms with E-state index in [2.05, 4.69) is 5.32 Å². The van der Waals surface area contributed by atoms with Gasteiger partial charge in [0.1, 0.15) is 0 Å². The molecule has 0 radical (unpaired) electrons. The molecule has 1 aromatic rings. The minimum absolute atomic E-state index is 0.00197. The van der Waals surface area contributed by atoms with Crippen LogP contribution in [0.5, 0.6) is 0 Å². The first-order valence-electron chi connectivity index (χ1n) is 5.56. The van der Waals surface area contributed by atoms with Gasteiger partial charge < -0.3 is 0 Å². The Kier molecular flexibility index (Phi) is 3.57. The van der Waals surface area contributed by atoms with E-state index in [1.807, 2.05) is 0 Å². The van der Waals surface area contributed by atoms with E-state index >= 15 is 0 Å². The van der Waals surface area contributed by atoms with Gasteiger partial charge in [-0.05, 0) is 11.6 Å². The van der Waals surface area contributed by atoms with Gasteiger partial charge in [0.05, 0.1) is 18.7 Å². The molecule has 1 aliphatic rings. The molecule has 0 spiro atoms. The van der Waals surface area contributed by atoms with Crippen molar-refractivity contribution in [3.05, 3.63) is 35.4 Å². The maximum Gasteiger partial charge on any atom is 0.416 e. The van der Waals surface area contributed by atoms with E-state index in [9.17, 15) is 22.8 Å². The first kappa shape index (κ1) is 13.5. The van der Waals surface area contributed by atoms with Gasteiger partial charge in [0.2, 0.25) is 11.8 Å². The third-order valence-electron chi connectivity index (χ3n) is 2.67. The normalized spacial score (nSPS) is 17.4. The highest BCUT2D eigenvalue weighted by molar-refractivity contribution is 5.99. The minimum Gasteiger partial charge on any atom is -0.294 e. The molecule has 1 aromatic carbocycles. The number of amides is 2. The summed E-state index contributed by atoms with van der Waals surface area (Å²) in [6.07, 6.45) is -4.40. The molecule has 1 N–H and O–H groups in total. The van der Waals surface area contributed by atoms with E-state index in [0.717, 1.165) is 12.1 Å². The zero-order valence-electron chi connectivity index (χ0n) is 9.83. The van der Waals surface area contributed by atoms with Crippen LogP contribution in [0.1, 0.15) is 11.1 Å². The molecular weight excluding hydrogens is 261 g/mol. The van der Waals surface area contributed by atoms with Crippen LogP contribution in [0.4, 0.5) is 13.2 Å². The number of hydrogen-bond donors (Lipinski definition) is 1.